The Morgan fingerprint density at radius 3 is 3.22 bits per heavy atom. The minimum Gasteiger partial charge on any atom is -0.323 e. The van der Waals surface area contributed by atoms with Gasteiger partial charge in [-0.05, 0) is 25.0 Å². The standard InChI is InChI=1S/C12H13ClN4O/c13-11-10(4-1-5-15-11)16-12(18)17-6-2-3-9(7-14)8-17/h1,4-5,9H,2-3,6,8H2,(H,16,18)/t9-/m1/s1. The number of urea groups is 1. The lowest BCUT2D eigenvalue weighted by Crippen LogP contribution is -2.42. The minimum atomic E-state index is -0.232. The maximum absolute atomic E-state index is 12.0. The van der Waals surface area contributed by atoms with Crippen LogP contribution in [0.15, 0.2) is 18.3 Å². The molecular weight excluding hydrogens is 252 g/mol. The van der Waals surface area contributed by atoms with E-state index in [1.54, 1.807) is 23.2 Å². The van der Waals surface area contributed by atoms with E-state index in [4.69, 9.17) is 16.9 Å². The van der Waals surface area contributed by atoms with Gasteiger partial charge in [0.15, 0.2) is 5.15 Å². The molecule has 94 valence electrons. The molecule has 6 heteroatoms. The summed E-state index contributed by atoms with van der Waals surface area (Å²) in [6.45, 7) is 1.14. The van der Waals surface area contributed by atoms with Crippen LogP contribution in [0.1, 0.15) is 12.8 Å². The molecule has 0 spiro atoms. The van der Waals surface area contributed by atoms with Gasteiger partial charge in [0.1, 0.15) is 0 Å². The second kappa shape index (κ2) is 5.69. The zero-order valence-electron chi connectivity index (χ0n) is 9.77. The van der Waals surface area contributed by atoms with Gasteiger partial charge in [0.05, 0.1) is 17.7 Å². The summed E-state index contributed by atoms with van der Waals surface area (Å²) in [5.41, 5.74) is 0.489. The number of hydrogen-bond acceptors (Lipinski definition) is 3. The summed E-state index contributed by atoms with van der Waals surface area (Å²) in [7, 11) is 0. The Morgan fingerprint density at radius 2 is 2.50 bits per heavy atom. The topological polar surface area (TPSA) is 69.0 Å². The van der Waals surface area contributed by atoms with Crippen molar-refractivity contribution >= 4 is 23.3 Å². The van der Waals surface area contributed by atoms with E-state index < -0.39 is 0 Å². The van der Waals surface area contributed by atoms with Crippen LogP contribution in [0.5, 0.6) is 0 Å². The molecule has 1 aliphatic heterocycles. The first-order valence-corrected chi connectivity index (χ1v) is 6.14. The van der Waals surface area contributed by atoms with Gasteiger partial charge in [0.2, 0.25) is 0 Å². The lowest BCUT2D eigenvalue weighted by Gasteiger charge is -2.29. The van der Waals surface area contributed by atoms with Crippen LogP contribution in [0.25, 0.3) is 0 Å². The van der Waals surface area contributed by atoms with Crippen molar-refractivity contribution in [2.75, 3.05) is 18.4 Å². The molecule has 0 aliphatic carbocycles. The Morgan fingerprint density at radius 1 is 1.67 bits per heavy atom. The number of anilines is 1. The van der Waals surface area contributed by atoms with Gasteiger partial charge >= 0.3 is 6.03 Å². The van der Waals surface area contributed by atoms with Crippen LogP contribution in [0.4, 0.5) is 10.5 Å². The van der Waals surface area contributed by atoms with Crippen molar-refractivity contribution in [2.45, 2.75) is 12.8 Å². The van der Waals surface area contributed by atoms with Gasteiger partial charge in [0, 0.05) is 19.3 Å². The summed E-state index contributed by atoms with van der Waals surface area (Å²) in [6, 6.07) is 5.37. The molecule has 18 heavy (non-hydrogen) atoms. The normalized spacial score (nSPS) is 19.1. The molecule has 2 heterocycles. The highest BCUT2D eigenvalue weighted by Crippen LogP contribution is 2.20. The number of piperidine rings is 1. The number of aromatic nitrogens is 1. The van der Waals surface area contributed by atoms with Crippen LogP contribution in [-0.2, 0) is 0 Å². The number of nitriles is 1. The van der Waals surface area contributed by atoms with Crippen LogP contribution >= 0.6 is 11.6 Å². The molecule has 0 radical (unpaired) electrons. The molecule has 1 N–H and O–H groups in total. The predicted molar refractivity (Wildman–Crippen MR) is 68.2 cm³/mol. The fourth-order valence-electron chi connectivity index (χ4n) is 1.94. The highest BCUT2D eigenvalue weighted by Gasteiger charge is 2.23. The number of amides is 2. The van der Waals surface area contributed by atoms with Crippen molar-refractivity contribution in [3.63, 3.8) is 0 Å². The van der Waals surface area contributed by atoms with E-state index in [-0.39, 0.29) is 17.1 Å². The van der Waals surface area contributed by atoms with Crippen molar-refractivity contribution in [3.05, 3.63) is 23.5 Å². The molecule has 0 aromatic carbocycles. The molecule has 0 bridgehead atoms. The summed E-state index contributed by atoms with van der Waals surface area (Å²) in [5.74, 6) is -0.0751. The quantitative estimate of drug-likeness (QED) is 0.793. The number of carbonyl (C=O) groups excluding carboxylic acids is 1. The smallest absolute Gasteiger partial charge is 0.321 e. The monoisotopic (exact) mass is 264 g/mol. The Kier molecular flexibility index (Phi) is 4.00. The van der Waals surface area contributed by atoms with E-state index in [2.05, 4.69) is 16.4 Å². The average Bonchev–Trinajstić information content (AvgIpc) is 2.41. The maximum Gasteiger partial charge on any atom is 0.321 e. The van der Waals surface area contributed by atoms with E-state index in [1.165, 1.54) is 0 Å². The van der Waals surface area contributed by atoms with Gasteiger partial charge in [-0.25, -0.2) is 9.78 Å². The molecule has 1 saturated heterocycles. The van der Waals surface area contributed by atoms with Crippen LogP contribution < -0.4 is 5.32 Å². The molecule has 1 fully saturated rings. The Hall–Kier alpha value is -1.80. The highest BCUT2D eigenvalue weighted by atomic mass is 35.5. The molecular formula is C12H13ClN4O. The molecule has 2 amide bonds. The van der Waals surface area contributed by atoms with E-state index in [9.17, 15) is 4.79 Å². The lowest BCUT2D eigenvalue weighted by atomic mass is 10.0. The summed E-state index contributed by atoms with van der Waals surface area (Å²) in [4.78, 5) is 17.5. The van der Waals surface area contributed by atoms with Crippen molar-refractivity contribution in [3.8, 4) is 6.07 Å². The molecule has 1 aromatic heterocycles. The minimum absolute atomic E-state index is 0.0751. The lowest BCUT2D eigenvalue weighted by molar-refractivity contribution is 0.189. The van der Waals surface area contributed by atoms with Crippen molar-refractivity contribution < 1.29 is 4.79 Å². The second-order valence-corrected chi connectivity index (χ2v) is 4.54. The van der Waals surface area contributed by atoms with Crippen LogP contribution in [0, 0.1) is 17.2 Å². The summed E-state index contributed by atoms with van der Waals surface area (Å²) in [5, 5.41) is 11.9. The van der Waals surface area contributed by atoms with Gasteiger partial charge in [-0.2, -0.15) is 5.26 Å². The fourth-order valence-corrected chi connectivity index (χ4v) is 2.11. The predicted octanol–water partition coefficient (Wildman–Crippen LogP) is 2.50. The van der Waals surface area contributed by atoms with Gasteiger partial charge in [-0.15, -0.1) is 0 Å². The largest absolute Gasteiger partial charge is 0.323 e. The van der Waals surface area contributed by atoms with Crippen molar-refractivity contribution in [2.24, 2.45) is 5.92 Å². The molecule has 1 aliphatic rings. The third-order valence-corrected chi connectivity index (χ3v) is 3.19. The first kappa shape index (κ1) is 12.7. The number of hydrogen-bond donors (Lipinski definition) is 1. The van der Waals surface area contributed by atoms with E-state index in [0.717, 1.165) is 12.8 Å². The van der Waals surface area contributed by atoms with Gasteiger partial charge < -0.3 is 10.2 Å². The van der Waals surface area contributed by atoms with Crippen molar-refractivity contribution in [1.29, 1.82) is 5.26 Å². The maximum atomic E-state index is 12.0. The Balaban J connectivity index is 2.00. The Bertz CT molecular complexity index is 485. The molecule has 0 unspecified atom stereocenters. The first-order valence-electron chi connectivity index (χ1n) is 5.77. The van der Waals surface area contributed by atoms with E-state index in [1.807, 2.05) is 0 Å². The molecule has 0 saturated carbocycles. The number of halogens is 1. The first-order chi connectivity index (χ1) is 8.70. The Labute approximate surface area is 110 Å². The number of rotatable bonds is 1. The highest BCUT2D eigenvalue weighted by molar-refractivity contribution is 6.32. The molecule has 5 nitrogen and oxygen atoms in total. The van der Waals surface area contributed by atoms with Crippen LogP contribution in [-0.4, -0.2) is 29.0 Å². The number of nitrogens with zero attached hydrogens (tertiary/aromatic N) is 3. The van der Waals surface area contributed by atoms with Gasteiger partial charge in [-0.1, -0.05) is 11.6 Å². The SMILES string of the molecule is N#C[C@H]1CCCN(C(=O)Nc2cccnc2Cl)C1. The van der Waals surface area contributed by atoms with Crippen molar-refractivity contribution in [1.82, 2.24) is 9.88 Å². The second-order valence-electron chi connectivity index (χ2n) is 4.19. The number of nitrogens with one attached hydrogen (secondary N) is 1. The molecule has 2 rings (SSSR count). The van der Waals surface area contributed by atoms with E-state index >= 15 is 0 Å². The summed E-state index contributed by atoms with van der Waals surface area (Å²) in [6.07, 6.45) is 3.27. The fraction of sp³-hybridized carbons (Fsp3) is 0.417. The van der Waals surface area contributed by atoms with Crippen LogP contribution in [0.2, 0.25) is 5.15 Å². The van der Waals surface area contributed by atoms with Crippen LogP contribution in [0.3, 0.4) is 0 Å². The zero-order chi connectivity index (χ0) is 13.0. The average molecular weight is 265 g/mol. The number of likely N-dealkylation sites (tertiary alicyclic amines) is 1. The third-order valence-electron chi connectivity index (χ3n) is 2.89. The van der Waals surface area contributed by atoms with E-state index in [0.29, 0.717) is 18.8 Å². The number of carbonyl (C=O) groups is 1. The van der Waals surface area contributed by atoms with Gasteiger partial charge in [-0.3, -0.25) is 0 Å². The number of pyridine rings is 1. The summed E-state index contributed by atoms with van der Waals surface area (Å²) >= 11 is 5.87. The van der Waals surface area contributed by atoms with Gasteiger partial charge in [0.25, 0.3) is 0 Å². The zero-order valence-corrected chi connectivity index (χ0v) is 10.5. The summed E-state index contributed by atoms with van der Waals surface area (Å²) < 4.78 is 0. The third kappa shape index (κ3) is 2.90. The molecule has 1 aromatic rings. The molecule has 1 atom stereocenters.